The molecule has 3 aromatic rings. The van der Waals surface area contributed by atoms with Crippen LogP contribution in [0.2, 0.25) is 0 Å². The SMILES string of the molecule is O=C(Nc1cccc(Cn2cccn2)c1)c1cn[nH]n1. The topological polar surface area (TPSA) is 88.5 Å². The predicted octanol–water partition coefficient (Wildman–Crippen LogP) is 1.30. The van der Waals surface area contributed by atoms with Crippen molar-refractivity contribution >= 4 is 11.6 Å². The van der Waals surface area contributed by atoms with Crippen molar-refractivity contribution < 1.29 is 4.79 Å². The van der Waals surface area contributed by atoms with Crippen LogP contribution in [-0.4, -0.2) is 31.1 Å². The zero-order chi connectivity index (χ0) is 13.8. The molecule has 0 aliphatic carbocycles. The fraction of sp³-hybridized carbons (Fsp3) is 0.0769. The van der Waals surface area contributed by atoms with E-state index in [2.05, 4.69) is 25.8 Å². The number of nitrogens with one attached hydrogen (secondary N) is 2. The predicted molar refractivity (Wildman–Crippen MR) is 72.1 cm³/mol. The number of rotatable bonds is 4. The fourth-order valence-electron chi connectivity index (χ4n) is 1.83. The van der Waals surface area contributed by atoms with Crippen LogP contribution in [0.1, 0.15) is 16.1 Å². The second-order valence-electron chi connectivity index (χ2n) is 4.21. The summed E-state index contributed by atoms with van der Waals surface area (Å²) in [5, 5.41) is 16.7. The summed E-state index contributed by atoms with van der Waals surface area (Å²) in [6.07, 6.45) is 5.00. The normalized spacial score (nSPS) is 10.4. The number of benzene rings is 1. The highest BCUT2D eigenvalue weighted by Crippen LogP contribution is 2.12. The molecule has 20 heavy (non-hydrogen) atoms. The number of aromatic nitrogens is 5. The molecule has 0 radical (unpaired) electrons. The van der Waals surface area contributed by atoms with E-state index in [1.807, 2.05) is 41.2 Å². The number of H-pyrrole nitrogens is 1. The number of hydrogen-bond donors (Lipinski definition) is 2. The van der Waals surface area contributed by atoms with E-state index in [1.165, 1.54) is 6.20 Å². The summed E-state index contributed by atoms with van der Waals surface area (Å²) in [5.41, 5.74) is 2.01. The Morgan fingerprint density at radius 2 is 2.30 bits per heavy atom. The van der Waals surface area contributed by atoms with Crippen LogP contribution in [0.25, 0.3) is 0 Å². The second-order valence-corrected chi connectivity index (χ2v) is 4.21. The lowest BCUT2D eigenvalue weighted by Gasteiger charge is -2.06. The molecule has 7 heteroatoms. The van der Waals surface area contributed by atoms with Crippen LogP contribution in [0.4, 0.5) is 5.69 Å². The molecule has 1 aromatic carbocycles. The Balaban J connectivity index is 1.73. The van der Waals surface area contributed by atoms with Crippen molar-refractivity contribution in [2.75, 3.05) is 5.32 Å². The lowest BCUT2D eigenvalue weighted by atomic mass is 10.2. The molecule has 3 rings (SSSR count). The van der Waals surface area contributed by atoms with Gasteiger partial charge < -0.3 is 5.32 Å². The molecule has 0 unspecified atom stereocenters. The van der Waals surface area contributed by atoms with Crippen LogP contribution >= 0.6 is 0 Å². The van der Waals surface area contributed by atoms with Crippen molar-refractivity contribution in [2.24, 2.45) is 0 Å². The largest absolute Gasteiger partial charge is 0.321 e. The quantitative estimate of drug-likeness (QED) is 0.746. The molecular formula is C13H12N6O. The van der Waals surface area contributed by atoms with Crippen LogP contribution in [-0.2, 0) is 6.54 Å². The zero-order valence-electron chi connectivity index (χ0n) is 10.5. The highest BCUT2D eigenvalue weighted by molar-refractivity contribution is 6.02. The monoisotopic (exact) mass is 268 g/mol. The van der Waals surface area contributed by atoms with Crippen molar-refractivity contribution in [1.29, 1.82) is 0 Å². The fourth-order valence-corrected chi connectivity index (χ4v) is 1.83. The number of amides is 1. The first-order valence-electron chi connectivity index (χ1n) is 6.05. The first-order valence-corrected chi connectivity index (χ1v) is 6.05. The maximum Gasteiger partial charge on any atom is 0.277 e. The van der Waals surface area contributed by atoms with Gasteiger partial charge in [-0.2, -0.15) is 20.5 Å². The molecular weight excluding hydrogens is 256 g/mol. The van der Waals surface area contributed by atoms with Gasteiger partial charge in [-0.25, -0.2) is 0 Å². The number of carbonyl (C=O) groups is 1. The number of anilines is 1. The number of nitrogens with zero attached hydrogens (tertiary/aromatic N) is 4. The maximum absolute atomic E-state index is 11.9. The van der Waals surface area contributed by atoms with Crippen molar-refractivity contribution in [3.63, 3.8) is 0 Å². The van der Waals surface area contributed by atoms with Crippen molar-refractivity contribution in [1.82, 2.24) is 25.2 Å². The van der Waals surface area contributed by atoms with E-state index in [-0.39, 0.29) is 11.6 Å². The molecule has 0 bridgehead atoms. The minimum absolute atomic E-state index is 0.252. The van der Waals surface area contributed by atoms with Crippen molar-refractivity contribution in [3.8, 4) is 0 Å². The minimum atomic E-state index is -0.296. The van der Waals surface area contributed by atoms with E-state index in [9.17, 15) is 4.79 Å². The summed E-state index contributed by atoms with van der Waals surface area (Å²) >= 11 is 0. The van der Waals surface area contributed by atoms with Gasteiger partial charge >= 0.3 is 0 Å². The van der Waals surface area contributed by atoms with Crippen LogP contribution < -0.4 is 5.32 Å². The number of aromatic amines is 1. The van der Waals surface area contributed by atoms with Gasteiger partial charge in [-0.15, -0.1) is 0 Å². The molecule has 7 nitrogen and oxygen atoms in total. The molecule has 0 saturated heterocycles. The van der Waals surface area contributed by atoms with Gasteiger partial charge in [0.2, 0.25) is 0 Å². The lowest BCUT2D eigenvalue weighted by molar-refractivity contribution is 0.102. The van der Waals surface area contributed by atoms with Gasteiger partial charge in [0.25, 0.3) is 5.91 Å². The van der Waals surface area contributed by atoms with Gasteiger partial charge in [0.15, 0.2) is 5.69 Å². The number of carbonyl (C=O) groups excluding carboxylic acids is 1. The molecule has 0 spiro atoms. The average Bonchev–Trinajstić information content (AvgIpc) is 3.12. The van der Waals surface area contributed by atoms with E-state index < -0.39 is 0 Å². The Morgan fingerprint density at radius 3 is 3.05 bits per heavy atom. The summed E-state index contributed by atoms with van der Waals surface area (Å²) in [4.78, 5) is 11.9. The van der Waals surface area contributed by atoms with Gasteiger partial charge in [0, 0.05) is 18.1 Å². The Hall–Kier alpha value is -2.96. The summed E-state index contributed by atoms with van der Waals surface area (Å²) in [6, 6.07) is 9.46. The Labute approximate surface area is 114 Å². The Kier molecular flexibility index (Phi) is 3.24. The van der Waals surface area contributed by atoms with E-state index in [1.54, 1.807) is 6.20 Å². The number of hydrogen-bond acceptors (Lipinski definition) is 4. The third kappa shape index (κ3) is 2.72. The highest BCUT2D eigenvalue weighted by atomic mass is 16.2. The summed E-state index contributed by atoms with van der Waals surface area (Å²) in [7, 11) is 0. The van der Waals surface area contributed by atoms with E-state index >= 15 is 0 Å². The van der Waals surface area contributed by atoms with Gasteiger partial charge in [-0.1, -0.05) is 12.1 Å². The van der Waals surface area contributed by atoms with Crippen LogP contribution in [0, 0.1) is 0 Å². The summed E-state index contributed by atoms with van der Waals surface area (Å²) in [6.45, 7) is 0.653. The second kappa shape index (κ2) is 5.35. The van der Waals surface area contributed by atoms with Crippen molar-refractivity contribution in [2.45, 2.75) is 6.54 Å². The zero-order valence-corrected chi connectivity index (χ0v) is 10.5. The van der Waals surface area contributed by atoms with Gasteiger partial charge in [0.05, 0.1) is 12.7 Å². The average molecular weight is 268 g/mol. The Morgan fingerprint density at radius 1 is 1.35 bits per heavy atom. The third-order valence-electron chi connectivity index (χ3n) is 2.74. The van der Waals surface area contributed by atoms with Gasteiger partial charge in [0.1, 0.15) is 0 Å². The highest BCUT2D eigenvalue weighted by Gasteiger charge is 2.08. The minimum Gasteiger partial charge on any atom is -0.321 e. The van der Waals surface area contributed by atoms with E-state index in [4.69, 9.17) is 0 Å². The summed E-state index contributed by atoms with van der Waals surface area (Å²) in [5.74, 6) is -0.296. The molecule has 1 amide bonds. The molecule has 0 fully saturated rings. The molecule has 0 saturated carbocycles. The van der Waals surface area contributed by atoms with Gasteiger partial charge in [-0.3, -0.25) is 9.48 Å². The molecule has 2 heterocycles. The lowest BCUT2D eigenvalue weighted by Crippen LogP contribution is -2.12. The summed E-state index contributed by atoms with van der Waals surface area (Å²) < 4.78 is 1.82. The molecule has 2 aromatic heterocycles. The standard InChI is InChI=1S/C13H12N6O/c20-13(12-8-14-18-17-12)16-11-4-1-3-10(7-11)9-19-6-2-5-15-19/h1-8H,9H2,(H,16,20)(H,14,17,18). The van der Waals surface area contributed by atoms with E-state index in [0.29, 0.717) is 12.2 Å². The molecule has 0 aliphatic heterocycles. The first-order chi connectivity index (χ1) is 9.81. The molecule has 0 atom stereocenters. The first kappa shape index (κ1) is 12.1. The molecule has 0 aliphatic rings. The third-order valence-corrected chi connectivity index (χ3v) is 2.74. The molecule has 100 valence electrons. The van der Waals surface area contributed by atoms with Crippen LogP contribution in [0.5, 0.6) is 0 Å². The van der Waals surface area contributed by atoms with Crippen molar-refractivity contribution in [3.05, 3.63) is 60.2 Å². The molecule has 2 N–H and O–H groups in total. The van der Waals surface area contributed by atoms with Crippen LogP contribution in [0.3, 0.4) is 0 Å². The van der Waals surface area contributed by atoms with Crippen LogP contribution in [0.15, 0.2) is 48.9 Å². The maximum atomic E-state index is 11.9. The Bertz CT molecular complexity index is 689. The van der Waals surface area contributed by atoms with E-state index in [0.717, 1.165) is 5.56 Å². The van der Waals surface area contributed by atoms with Gasteiger partial charge in [-0.05, 0) is 23.8 Å². The smallest absolute Gasteiger partial charge is 0.277 e.